The molecule has 34 heavy (non-hydrogen) atoms. The number of hydrogen-bond donors (Lipinski definition) is 3. The van der Waals surface area contributed by atoms with E-state index in [1.807, 2.05) is 0 Å². The van der Waals surface area contributed by atoms with Crippen LogP contribution >= 0.6 is 0 Å². The van der Waals surface area contributed by atoms with Gasteiger partial charge in [0.05, 0.1) is 23.4 Å². The summed E-state index contributed by atoms with van der Waals surface area (Å²) >= 11 is 0. The van der Waals surface area contributed by atoms with Gasteiger partial charge in [0.25, 0.3) is 11.8 Å². The Hall–Kier alpha value is -4.22. The van der Waals surface area contributed by atoms with Gasteiger partial charge in [0, 0.05) is 18.8 Å². The summed E-state index contributed by atoms with van der Waals surface area (Å²) in [5, 5.41) is 11.1. The van der Waals surface area contributed by atoms with Crippen LogP contribution in [0.25, 0.3) is 11.1 Å². The van der Waals surface area contributed by atoms with Gasteiger partial charge in [-0.05, 0) is 35.9 Å². The molecule has 4 amide bonds. The summed E-state index contributed by atoms with van der Waals surface area (Å²) < 4.78 is 54.7. The van der Waals surface area contributed by atoms with E-state index in [1.54, 1.807) is 7.05 Å². The van der Waals surface area contributed by atoms with Crippen LogP contribution < -0.4 is 16.0 Å². The highest BCUT2D eigenvalue weighted by Gasteiger charge is 2.50. The number of halogens is 4. The first kappa shape index (κ1) is 23.0. The average Bonchev–Trinajstić information content (AvgIpc) is 3.33. The summed E-state index contributed by atoms with van der Waals surface area (Å²) in [6, 6.07) is 8.10. The van der Waals surface area contributed by atoms with E-state index in [9.17, 15) is 31.9 Å². The fourth-order valence-corrected chi connectivity index (χ4v) is 3.82. The van der Waals surface area contributed by atoms with Gasteiger partial charge in [0.1, 0.15) is 5.82 Å². The van der Waals surface area contributed by atoms with Crippen LogP contribution in [0.2, 0.25) is 0 Å². The highest BCUT2D eigenvalue weighted by molar-refractivity contribution is 6.08. The summed E-state index contributed by atoms with van der Waals surface area (Å²) in [6.45, 7) is -0.397. The van der Waals surface area contributed by atoms with Crippen LogP contribution in [0.15, 0.2) is 54.7 Å². The Balaban J connectivity index is 1.66. The van der Waals surface area contributed by atoms with Crippen LogP contribution in [0.5, 0.6) is 0 Å². The second-order valence-corrected chi connectivity index (χ2v) is 7.57. The van der Waals surface area contributed by atoms with Crippen molar-refractivity contribution < 1.29 is 31.9 Å². The van der Waals surface area contributed by atoms with E-state index in [4.69, 9.17) is 0 Å². The second kappa shape index (κ2) is 8.28. The van der Waals surface area contributed by atoms with Crippen LogP contribution in [0.3, 0.4) is 0 Å². The number of aromatic nitrogens is 2. The standard InChI is InChI=1S/C22H17F4N5O3/c1-31-16(9-10-28-31)21(19(33)29-20(34)30-21)11-27-18(32)14-3-2-4-15(23)17(14)12-5-7-13(8-6-12)22(24,25)26/h2-10H,11H2,1H3,(H,27,32)(H2,29,30,33,34)/t21-/m0/s1. The fourth-order valence-electron chi connectivity index (χ4n) is 3.82. The fraction of sp³-hybridized carbons (Fsp3) is 0.182. The number of imide groups is 1. The molecule has 0 aliphatic carbocycles. The van der Waals surface area contributed by atoms with Gasteiger partial charge in [-0.2, -0.15) is 18.3 Å². The number of alkyl halides is 3. The van der Waals surface area contributed by atoms with Gasteiger partial charge in [-0.25, -0.2) is 9.18 Å². The Morgan fingerprint density at radius 3 is 2.38 bits per heavy atom. The monoisotopic (exact) mass is 475 g/mol. The summed E-state index contributed by atoms with van der Waals surface area (Å²) in [5.74, 6) is -2.34. The molecule has 0 spiro atoms. The van der Waals surface area contributed by atoms with Crippen molar-refractivity contribution >= 4 is 17.8 Å². The molecule has 1 saturated heterocycles. The minimum absolute atomic E-state index is 0.0597. The first-order valence-electron chi connectivity index (χ1n) is 9.89. The number of amides is 4. The van der Waals surface area contributed by atoms with Crippen LogP contribution in [0.4, 0.5) is 22.4 Å². The summed E-state index contributed by atoms with van der Waals surface area (Å²) in [7, 11) is 1.55. The van der Waals surface area contributed by atoms with E-state index in [0.29, 0.717) is 5.69 Å². The number of carbonyl (C=O) groups excluding carboxylic acids is 3. The van der Waals surface area contributed by atoms with E-state index in [-0.39, 0.29) is 16.7 Å². The first-order chi connectivity index (χ1) is 16.0. The van der Waals surface area contributed by atoms with Crippen LogP contribution in [0.1, 0.15) is 21.6 Å². The lowest BCUT2D eigenvalue weighted by molar-refractivity contribution is -0.137. The van der Waals surface area contributed by atoms with Crippen LogP contribution in [-0.2, 0) is 23.6 Å². The average molecular weight is 475 g/mol. The van der Waals surface area contributed by atoms with Gasteiger partial charge in [0.15, 0.2) is 5.54 Å². The predicted molar refractivity (Wildman–Crippen MR) is 111 cm³/mol. The third-order valence-corrected chi connectivity index (χ3v) is 5.47. The molecule has 1 aliphatic rings. The molecular weight excluding hydrogens is 458 g/mol. The van der Waals surface area contributed by atoms with Crippen LogP contribution in [-0.4, -0.2) is 34.2 Å². The van der Waals surface area contributed by atoms with E-state index < -0.39 is 47.5 Å². The lowest BCUT2D eigenvalue weighted by atomic mass is 9.94. The number of aryl methyl sites for hydroxylation is 1. The molecule has 12 heteroatoms. The van der Waals surface area contributed by atoms with E-state index in [1.165, 1.54) is 29.1 Å². The lowest BCUT2D eigenvalue weighted by Crippen LogP contribution is -2.53. The van der Waals surface area contributed by atoms with Gasteiger partial charge in [-0.15, -0.1) is 0 Å². The Kier molecular flexibility index (Phi) is 5.59. The maximum absolute atomic E-state index is 14.7. The molecule has 1 atom stereocenters. The lowest BCUT2D eigenvalue weighted by Gasteiger charge is -2.26. The minimum Gasteiger partial charge on any atom is -0.349 e. The largest absolute Gasteiger partial charge is 0.416 e. The molecule has 8 nitrogen and oxygen atoms in total. The Morgan fingerprint density at radius 2 is 1.82 bits per heavy atom. The van der Waals surface area contributed by atoms with Crippen molar-refractivity contribution in [3.8, 4) is 11.1 Å². The van der Waals surface area contributed by atoms with Gasteiger partial charge < -0.3 is 10.6 Å². The normalized spacial score (nSPS) is 17.9. The zero-order valence-electron chi connectivity index (χ0n) is 17.5. The van der Waals surface area contributed by atoms with Crippen LogP contribution in [0, 0.1) is 5.82 Å². The van der Waals surface area contributed by atoms with Crippen molar-refractivity contribution in [1.29, 1.82) is 0 Å². The molecule has 3 N–H and O–H groups in total. The maximum atomic E-state index is 14.7. The van der Waals surface area contributed by atoms with E-state index in [2.05, 4.69) is 21.0 Å². The number of nitrogens with zero attached hydrogens (tertiary/aromatic N) is 2. The SMILES string of the molecule is Cn1nccc1[C@]1(CNC(=O)c2cccc(F)c2-c2ccc(C(F)(F)F)cc2)NC(=O)NC1=O. The maximum Gasteiger partial charge on any atom is 0.416 e. The van der Waals surface area contributed by atoms with Crippen molar-refractivity contribution in [1.82, 2.24) is 25.7 Å². The number of urea groups is 1. The Bertz CT molecular complexity index is 1290. The molecule has 1 aliphatic heterocycles. The summed E-state index contributed by atoms with van der Waals surface area (Å²) in [5.41, 5.74) is -2.60. The topological polar surface area (TPSA) is 105 Å². The predicted octanol–water partition coefficient (Wildman–Crippen LogP) is 2.71. The number of carbonyl (C=O) groups is 3. The Morgan fingerprint density at radius 1 is 1.12 bits per heavy atom. The van der Waals surface area contributed by atoms with Crippen molar-refractivity contribution in [2.24, 2.45) is 7.05 Å². The molecular formula is C22H17F4N5O3. The molecule has 0 unspecified atom stereocenters. The second-order valence-electron chi connectivity index (χ2n) is 7.57. The van der Waals surface area contributed by atoms with Crippen molar-refractivity contribution in [2.45, 2.75) is 11.7 Å². The quantitative estimate of drug-likeness (QED) is 0.390. The molecule has 2 heterocycles. The molecule has 4 rings (SSSR count). The highest BCUT2D eigenvalue weighted by atomic mass is 19.4. The molecule has 0 bridgehead atoms. The zero-order chi connectivity index (χ0) is 24.7. The molecule has 1 fully saturated rings. The van der Waals surface area contributed by atoms with Crippen molar-refractivity contribution in [3.63, 3.8) is 0 Å². The van der Waals surface area contributed by atoms with Gasteiger partial charge in [0.2, 0.25) is 0 Å². The van der Waals surface area contributed by atoms with Gasteiger partial charge in [-0.3, -0.25) is 19.6 Å². The third-order valence-electron chi connectivity index (χ3n) is 5.47. The number of nitrogens with one attached hydrogen (secondary N) is 3. The molecule has 0 radical (unpaired) electrons. The Labute approximate surface area is 189 Å². The molecule has 176 valence electrons. The van der Waals surface area contributed by atoms with E-state index >= 15 is 0 Å². The van der Waals surface area contributed by atoms with E-state index in [0.717, 1.165) is 30.3 Å². The number of hydrogen-bond acceptors (Lipinski definition) is 4. The molecule has 0 saturated carbocycles. The van der Waals surface area contributed by atoms with Gasteiger partial charge in [-0.1, -0.05) is 18.2 Å². The van der Waals surface area contributed by atoms with Gasteiger partial charge >= 0.3 is 12.2 Å². The van der Waals surface area contributed by atoms with Crippen molar-refractivity contribution in [2.75, 3.05) is 6.54 Å². The number of rotatable bonds is 5. The molecule has 3 aromatic rings. The van der Waals surface area contributed by atoms with Crippen molar-refractivity contribution in [3.05, 3.63) is 77.4 Å². The first-order valence-corrected chi connectivity index (χ1v) is 9.89. The highest BCUT2D eigenvalue weighted by Crippen LogP contribution is 2.33. The number of benzene rings is 2. The minimum atomic E-state index is -4.57. The smallest absolute Gasteiger partial charge is 0.349 e. The summed E-state index contributed by atoms with van der Waals surface area (Å²) in [4.78, 5) is 37.5. The molecule has 2 aromatic carbocycles. The molecule has 1 aromatic heterocycles. The summed E-state index contributed by atoms with van der Waals surface area (Å²) in [6.07, 6.45) is -3.16. The third kappa shape index (κ3) is 3.98. The zero-order valence-corrected chi connectivity index (χ0v) is 17.5.